The molecule has 0 atom stereocenters. The summed E-state index contributed by atoms with van der Waals surface area (Å²) < 4.78 is 28.0. The molecule has 3 aromatic carbocycles. The van der Waals surface area contributed by atoms with Crippen molar-refractivity contribution < 1.29 is 8.42 Å². The third-order valence-corrected chi connectivity index (χ3v) is 6.71. The molecule has 35 heavy (non-hydrogen) atoms. The first kappa shape index (κ1) is 22.4. The van der Waals surface area contributed by atoms with Gasteiger partial charge in [0.2, 0.25) is 5.95 Å². The van der Waals surface area contributed by atoms with Gasteiger partial charge in [0.25, 0.3) is 10.0 Å². The van der Waals surface area contributed by atoms with Gasteiger partial charge in [-0.15, -0.1) is 5.11 Å². The molecule has 0 unspecified atom stereocenters. The van der Waals surface area contributed by atoms with Crippen molar-refractivity contribution in [2.45, 2.75) is 18.7 Å². The van der Waals surface area contributed by atoms with Gasteiger partial charge in [0.05, 0.1) is 16.3 Å². The van der Waals surface area contributed by atoms with Crippen LogP contribution in [0.5, 0.6) is 0 Å². The van der Waals surface area contributed by atoms with Gasteiger partial charge in [0.15, 0.2) is 0 Å². The second kappa shape index (κ2) is 9.11. The molecule has 0 spiro atoms. The number of nitrogens with one attached hydrogen (secondary N) is 2. The summed E-state index contributed by atoms with van der Waals surface area (Å²) in [5.41, 5.74) is 5.43. The van der Waals surface area contributed by atoms with Gasteiger partial charge in [0, 0.05) is 27.9 Å². The molecule has 2 heterocycles. The Bertz CT molecular complexity index is 1620. The predicted molar refractivity (Wildman–Crippen MR) is 137 cm³/mol. The Morgan fingerprint density at radius 3 is 2.17 bits per heavy atom. The lowest BCUT2D eigenvalue weighted by Crippen LogP contribution is -2.15. The largest absolute Gasteiger partial charge is 0.353 e. The van der Waals surface area contributed by atoms with E-state index < -0.39 is 10.0 Å². The van der Waals surface area contributed by atoms with Crippen LogP contribution >= 0.6 is 0 Å². The van der Waals surface area contributed by atoms with E-state index in [1.807, 2.05) is 54.6 Å². The molecule has 0 saturated heterocycles. The summed E-state index contributed by atoms with van der Waals surface area (Å²) >= 11 is 0. The van der Waals surface area contributed by atoms with Crippen molar-refractivity contribution in [2.24, 2.45) is 10.2 Å². The van der Waals surface area contributed by atoms with Crippen LogP contribution in [0.4, 0.5) is 17.3 Å². The van der Waals surface area contributed by atoms with Gasteiger partial charge in [-0.3, -0.25) is 0 Å². The van der Waals surface area contributed by atoms with Crippen LogP contribution in [-0.2, 0) is 10.0 Å². The Hall–Kier alpha value is -4.37. The Labute approximate surface area is 202 Å². The van der Waals surface area contributed by atoms with E-state index in [0.717, 1.165) is 27.8 Å². The van der Waals surface area contributed by atoms with Gasteiger partial charge in [0.1, 0.15) is 5.69 Å². The lowest BCUT2D eigenvalue weighted by Gasteiger charge is -2.08. The van der Waals surface area contributed by atoms with E-state index in [1.54, 1.807) is 32.0 Å². The SMILES string of the molecule is Cc1cc(C)nc(NS(=O)(=O)c2ccc(N=Nc3c(-c4ccccc4)[nH]c4ccccc34)cc2)n1. The number of sulfonamides is 1. The molecule has 0 aliphatic carbocycles. The molecule has 0 aliphatic rings. The first-order valence-electron chi connectivity index (χ1n) is 10.9. The molecule has 174 valence electrons. The van der Waals surface area contributed by atoms with Gasteiger partial charge < -0.3 is 4.98 Å². The molecule has 0 fully saturated rings. The summed E-state index contributed by atoms with van der Waals surface area (Å²) in [6.07, 6.45) is 0. The topological polar surface area (TPSA) is 112 Å². The summed E-state index contributed by atoms with van der Waals surface area (Å²) in [4.78, 5) is 11.8. The molecule has 9 heteroatoms. The number of hydrogen-bond acceptors (Lipinski definition) is 6. The molecule has 0 amide bonds. The predicted octanol–water partition coefficient (Wildman–Crippen LogP) is 6.46. The van der Waals surface area contributed by atoms with Gasteiger partial charge >= 0.3 is 0 Å². The molecular formula is C26H22N6O2S. The van der Waals surface area contributed by atoms with Crippen molar-refractivity contribution in [1.82, 2.24) is 15.0 Å². The van der Waals surface area contributed by atoms with Crippen LogP contribution in [0, 0.1) is 13.8 Å². The molecule has 0 aliphatic heterocycles. The molecule has 5 rings (SSSR count). The Morgan fingerprint density at radius 2 is 1.46 bits per heavy atom. The number of hydrogen-bond donors (Lipinski definition) is 2. The normalized spacial score (nSPS) is 11.8. The number of aromatic nitrogens is 3. The van der Waals surface area contributed by atoms with Crippen LogP contribution in [0.15, 0.2) is 100 Å². The summed E-state index contributed by atoms with van der Waals surface area (Å²) in [6.45, 7) is 3.56. The molecule has 2 N–H and O–H groups in total. The van der Waals surface area contributed by atoms with Crippen LogP contribution in [0.2, 0.25) is 0 Å². The fourth-order valence-electron chi connectivity index (χ4n) is 3.80. The molecular weight excluding hydrogens is 460 g/mol. The number of fused-ring (bicyclic) bond motifs is 1. The molecule has 8 nitrogen and oxygen atoms in total. The number of anilines is 1. The summed E-state index contributed by atoms with van der Waals surface area (Å²) in [5.74, 6) is 0.0408. The van der Waals surface area contributed by atoms with Crippen molar-refractivity contribution >= 4 is 38.2 Å². The van der Waals surface area contributed by atoms with E-state index in [-0.39, 0.29) is 10.8 Å². The number of benzene rings is 3. The maximum Gasteiger partial charge on any atom is 0.264 e. The Morgan fingerprint density at radius 1 is 0.800 bits per heavy atom. The van der Waals surface area contributed by atoms with E-state index in [0.29, 0.717) is 17.1 Å². The summed E-state index contributed by atoms with van der Waals surface area (Å²) in [6, 6.07) is 25.8. The molecule has 0 radical (unpaired) electrons. The van der Waals surface area contributed by atoms with Gasteiger partial charge in [-0.05, 0) is 50.2 Å². The van der Waals surface area contributed by atoms with Gasteiger partial charge in [-0.25, -0.2) is 23.1 Å². The van der Waals surface area contributed by atoms with Crippen molar-refractivity contribution in [3.8, 4) is 11.3 Å². The lowest BCUT2D eigenvalue weighted by molar-refractivity contribution is 0.601. The second-order valence-corrected chi connectivity index (χ2v) is 9.72. The van der Waals surface area contributed by atoms with Gasteiger partial charge in [-0.1, -0.05) is 48.5 Å². The standard InChI is InChI=1S/C26H22N6O2S/c1-17-16-18(2)28-26(27-17)32-35(33,34)21-14-12-20(13-15-21)30-31-25-22-10-6-7-11-23(22)29-24(25)19-8-4-3-5-9-19/h3-16,29H,1-2H3,(H,27,28,32). The Kier molecular flexibility index (Phi) is 5.84. The third-order valence-electron chi connectivity index (χ3n) is 5.36. The average molecular weight is 483 g/mol. The number of aromatic amines is 1. The van der Waals surface area contributed by atoms with Crippen molar-refractivity contribution in [2.75, 3.05) is 4.72 Å². The lowest BCUT2D eigenvalue weighted by atomic mass is 10.1. The highest BCUT2D eigenvalue weighted by Gasteiger charge is 2.16. The zero-order valence-corrected chi connectivity index (χ0v) is 19.9. The molecule has 0 bridgehead atoms. The van der Waals surface area contributed by atoms with E-state index >= 15 is 0 Å². The fraction of sp³-hybridized carbons (Fsp3) is 0.0769. The van der Waals surface area contributed by atoms with Crippen LogP contribution in [0.25, 0.3) is 22.2 Å². The Balaban J connectivity index is 1.43. The monoisotopic (exact) mass is 482 g/mol. The minimum atomic E-state index is -3.85. The third kappa shape index (κ3) is 4.80. The number of nitrogens with zero attached hydrogens (tertiary/aromatic N) is 4. The summed E-state index contributed by atoms with van der Waals surface area (Å²) in [5, 5.41) is 9.86. The molecule has 5 aromatic rings. The van der Waals surface area contributed by atoms with Crippen LogP contribution in [0.1, 0.15) is 11.4 Å². The smallest absolute Gasteiger partial charge is 0.264 e. The van der Waals surface area contributed by atoms with Crippen LogP contribution < -0.4 is 4.72 Å². The van der Waals surface area contributed by atoms with E-state index in [1.165, 1.54) is 12.1 Å². The molecule has 2 aromatic heterocycles. The van der Waals surface area contributed by atoms with E-state index in [4.69, 9.17) is 0 Å². The number of H-pyrrole nitrogens is 1. The fourth-order valence-corrected chi connectivity index (χ4v) is 4.74. The first-order chi connectivity index (χ1) is 16.9. The highest BCUT2D eigenvalue weighted by atomic mass is 32.2. The number of rotatable bonds is 6. The molecule has 0 saturated carbocycles. The van der Waals surface area contributed by atoms with Crippen molar-refractivity contribution in [1.29, 1.82) is 0 Å². The van der Waals surface area contributed by atoms with E-state index in [9.17, 15) is 8.42 Å². The highest BCUT2D eigenvalue weighted by Crippen LogP contribution is 2.38. The quantitative estimate of drug-likeness (QED) is 0.270. The number of azo groups is 1. The number of para-hydroxylation sites is 1. The van der Waals surface area contributed by atoms with Crippen LogP contribution in [0.3, 0.4) is 0 Å². The summed E-state index contributed by atoms with van der Waals surface area (Å²) in [7, 11) is -3.85. The van der Waals surface area contributed by atoms with Crippen molar-refractivity contribution in [3.63, 3.8) is 0 Å². The highest BCUT2D eigenvalue weighted by molar-refractivity contribution is 7.92. The van der Waals surface area contributed by atoms with Gasteiger partial charge in [-0.2, -0.15) is 5.11 Å². The zero-order valence-electron chi connectivity index (χ0n) is 19.1. The minimum Gasteiger partial charge on any atom is -0.353 e. The number of aryl methyl sites for hydroxylation is 2. The minimum absolute atomic E-state index is 0.0408. The average Bonchev–Trinajstić information content (AvgIpc) is 3.21. The maximum absolute atomic E-state index is 12.8. The zero-order chi connectivity index (χ0) is 24.4. The first-order valence-corrected chi connectivity index (χ1v) is 12.4. The van der Waals surface area contributed by atoms with E-state index in [2.05, 4.69) is 29.9 Å². The van der Waals surface area contributed by atoms with Crippen LogP contribution in [-0.4, -0.2) is 23.4 Å². The maximum atomic E-state index is 12.8. The second-order valence-electron chi connectivity index (χ2n) is 8.03. The van der Waals surface area contributed by atoms with Crippen molar-refractivity contribution in [3.05, 3.63) is 96.3 Å².